The lowest BCUT2D eigenvalue weighted by molar-refractivity contribution is -0.131. The molecule has 0 radical (unpaired) electrons. The van der Waals surface area contributed by atoms with E-state index in [0.29, 0.717) is 11.8 Å². The Morgan fingerprint density at radius 1 is 1.11 bits per heavy atom. The molecule has 2 fully saturated rings. The van der Waals surface area contributed by atoms with E-state index in [4.69, 9.17) is 0 Å². The Morgan fingerprint density at radius 2 is 1.85 bits per heavy atom. The molecule has 0 unspecified atom stereocenters. The standard InChI is InChI=1S/C21H35N5O/c1-2-11-22-19-16-20(24-17-23-19)25-14-9-18(10-15-25)7-8-21(27)26-12-5-3-4-6-13-26/h16-18H,2-15H2,1H3,(H,22,23,24). The van der Waals surface area contributed by atoms with Crippen LogP contribution in [-0.2, 0) is 4.79 Å². The number of aromatic nitrogens is 2. The molecule has 1 aromatic heterocycles. The van der Waals surface area contributed by atoms with Gasteiger partial charge in [0.25, 0.3) is 0 Å². The maximum absolute atomic E-state index is 12.5. The van der Waals surface area contributed by atoms with E-state index in [9.17, 15) is 4.79 Å². The lowest BCUT2D eigenvalue weighted by Gasteiger charge is -2.33. The number of piperidine rings is 1. The highest BCUT2D eigenvalue weighted by atomic mass is 16.2. The summed E-state index contributed by atoms with van der Waals surface area (Å²) in [4.78, 5) is 25.7. The molecule has 1 aromatic rings. The van der Waals surface area contributed by atoms with Crippen molar-refractivity contribution in [3.05, 3.63) is 12.4 Å². The minimum Gasteiger partial charge on any atom is -0.370 e. The summed E-state index contributed by atoms with van der Waals surface area (Å²) in [5, 5.41) is 3.33. The molecule has 0 aliphatic carbocycles. The van der Waals surface area contributed by atoms with Crippen molar-refractivity contribution >= 4 is 17.5 Å². The Balaban J connectivity index is 1.41. The predicted molar refractivity (Wildman–Crippen MR) is 110 cm³/mol. The van der Waals surface area contributed by atoms with Crippen LogP contribution in [0.15, 0.2) is 12.4 Å². The highest BCUT2D eigenvalue weighted by molar-refractivity contribution is 5.76. The van der Waals surface area contributed by atoms with Crippen molar-refractivity contribution in [2.24, 2.45) is 5.92 Å². The van der Waals surface area contributed by atoms with E-state index in [2.05, 4.69) is 38.1 Å². The van der Waals surface area contributed by atoms with Gasteiger partial charge in [-0.15, -0.1) is 0 Å². The lowest BCUT2D eigenvalue weighted by Crippen LogP contribution is -2.35. The molecule has 6 nitrogen and oxygen atoms in total. The third-order valence-electron chi connectivity index (χ3n) is 5.87. The molecule has 6 heteroatoms. The molecule has 0 atom stereocenters. The molecule has 150 valence electrons. The SMILES string of the molecule is CCCNc1cc(N2CCC(CCC(=O)N3CCCCCC3)CC2)ncn1. The number of rotatable bonds is 7. The van der Waals surface area contributed by atoms with E-state index < -0.39 is 0 Å². The molecule has 3 rings (SSSR count). The third kappa shape index (κ3) is 6.08. The van der Waals surface area contributed by atoms with Crippen molar-refractivity contribution in [2.45, 2.75) is 64.7 Å². The number of hydrogen-bond donors (Lipinski definition) is 1. The van der Waals surface area contributed by atoms with Crippen LogP contribution in [0, 0.1) is 5.92 Å². The van der Waals surface area contributed by atoms with Crippen LogP contribution in [0.1, 0.15) is 64.7 Å². The van der Waals surface area contributed by atoms with E-state index in [1.807, 2.05) is 0 Å². The first kappa shape index (κ1) is 19.9. The van der Waals surface area contributed by atoms with Gasteiger partial charge in [0.1, 0.15) is 18.0 Å². The molecule has 3 heterocycles. The number of nitrogens with zero attached hydrogens (tertiary/aromatic N) is 4. The van der Waals surface area contributed by atoms with Gasteiger partial charge in [0.05, 0.1) is 0 Å². The quantitative estimate of drug-likeness (QED) is 0.790. The first-order chi connectivity index (χ1) is 13.3. The molecule has 27 heavy (non-hydrogen) atoms. The van der Waals surface area contributed by atoms with Crippen LogP contribution in [0.5, 0.6) is 0 Å². The summed E-state index contributed by atoms with van der Waals surface area (Å²) in [6, 6.07) is 2.05. The van der Waals surface area contributed by atoms with Crippen LogP contribution in [0.3, 0.4) is 0 Å². The zero-order chi connectivity index (χ0) is 18.9. The second-order valence-electron chi connectivity index (χ2n) is 7.95. The van der Waals surface area contributed by atoms with E-state index in [0.717, 1.165) is 76.5 Å². The van der Waals surface area contributed by atoms with Crippen LogP contribution in [-0.4, -0.2) is 53.5 Å². The number of carbonyl (C=O) groups excluding carboxylic acids is 1. The number of likely N-dealkylation sites (tertiary alicyclic amines) is 1. The zero-order valence-corrected chi connectivity index (χ0v) is 16.8. The average molecular weight is 374 g/mol. The van der Waals surface area contributed by atoms with Crippen molar-refractivity contribution < 1.29 is 4.79 Å². The highest BCUT2D eigenvalue weighted by Gasteiger charge is 2.22. The van der Waals surface area contributed by atoms with Gasteiger partial charge in [0.15, 0.2) is 0 Å². The molecule has 2 aliphatic heterocycles. The van der Waals surface area contributed by atoms with Gasteiger partial charge in [-0.2, -0.15) is 0 Å². The lowest BCUT2D eigenvalue weighted by atomic mass is 9.92. The number of nitrogens with one attached hydrogen (secondary N) is 1. The van der Waals surface area contributed by atoms with Crippen LogP contribution in [0.25, 0.3) is 0 Å². The first-order valence-corrected chi connectivity index (χ1v) is 10.8. The van der Waals surface area contributed by atoms with Gasteiger partial charge in [-0.1, -0.05) is 19.8 Å². The van der Waals surface area contributed by atoms with Gasteiger partial charge in [-0.25, -0.2) is 9.97 Å². The van der Waals surface area contributed by atoms with Crippen molar-refractivity contribution in [2.75, 3.05) is 42.9 Å². The first-order valence-electron chi connectivity index (χ1n) is 10.8. The second kappa shape index (κ2) is 10.5. The summed E-state index contributed by atoms with van der Waals surface area (Å²) in [7, 11) is 0. The van der Waals surface area contributed by atoms with Gasteiger partial charge in [-0.3, -0.25) is 4.79 Å². The second-order valence-corrected chi connectivity index (χ2v) is 7.95. The Labute approximate surface area is 163 Å². The maximum atomic E-state index is 12.5. The van der Waals surface area contributed by atoms with Gasteiger partial charge >= 0.3 is 0 Å². The summed E-state index contributed by atoms with van der Waals surface area (Å²) in [5.41, 5.74) is 0. The monoisotopic (exact) mass is 373 g/mol. The molecule has 0 saturated carbocycles. The van der Waals surface area contributed by atoms with Crippen molar-refractivity contribution in [3.63, 3.8) is 0 Å². The van der Waals surface area contributed by atoms with E-state index in [-0.39, 0.29) is 0 Å². The Hall–Kier alpha value is -1.85. The topological polar surface area (TPSA) is 61.4 Å². The van der Waals surface area contributed by atoms with E-state index in [1.165, 1.54) is 25.7 Å². The Bertz CT molecular complexity index is 578. The average Bonchev–Trinajstić information content (AvgIpc) is 3.01. The van der Waals surface area contributed by atoms with Gasteiger partial charge < -0.3 is 15.1 Å². The normalized spacial score (nSPS) is 19.0. The fraction of sp³-hybridized carbons (Fsp3) is 0.762. The van der Waals surface area contributed by atoms with Crippen LogP contribution in [0.4, 0.5) is 11.6 Å². The van der Waals surface area contributed by atoms with Crippen LogP contribution >= 0.6 is 0 Å². The Kier molecular flexibility index (Phi) is 7.72. The molecule has 0 aromatic carbocycles. The molecule has 2 aliphatic rings. The molecule has 0 bridgehead atoms. The molecule has 0 spiro atoms. The summed E-state index contributed by atoms with van der Waals surface area (Å²) >= 11 is 0. The Morgan fingerprint density at radius 3 is 2.56 bits per heavy atom. The molecule has 1 amide bonds. The molecule has 1 N–H and O–H groups in total. The fourth-order valence-electron chi connectivity index (χ4n) is 4.13. The van der Waals surface area contributed by atoms with Crippen molar-refractivity contribution in [1.82, 2.24) is 14.9 Å². The minimum atomic E-state index is 0.377. The molecular formula is C21H35N5O. The molecular weight excluding hydrogens is 338 g/mol. The van der Waals surface area contributed by atoms with Crippen LogP contribution in [0.2, 0.25) is 0 Å². The number of anilines is 2. The van der Waals surface area contributed by atoms with E-state index in [1.54, 1.807) is 6.33 Å². The van der Waals surface area contributed by atoms with Crippen molar-refractivity contribution in [1.29, 1.82) is 0 Å². The third-order valence-corrected chi connectivity index (χ3v) is 5.87. The van der Waals surface area contributed by atoms with E-state index >= 15 is 0 Å². The largest absolute Gasteiger partial charge is 0.370 e. The fourth-order valence-corrected chi connectivity index (χ4v) is 4.13. The number of carbonyl (C=O) groups is 1. The van der Waals surface area contributed by atoms with Gasteiger partial charge in [0, 0.05) is 45.2 Å². The minimum absolute atomic E-state index is 0.377. The summed E-state index contributed by atoms with van der Waals surface area (Å²) in [6.07, 6.45) is 11.7. The summed E-state index contributed by atoms with van der Waals surface area (Å²) < 4.78 is 0. The highest BCUT2D eigenvalue weighted by Crippen LogP contribution is 2.26. The van der Waals surface area contributed by atoms with Crippen molar-refractivity contribution in [3.8, 4) is 0 Å². The summed E-state index contributed by atoms with van der Waals surface area (Å²) in [5.74, 6) is 2.97. The molecule has 2 saturated heterocycles. The van der Waals surface area contributed by atoms with Crippen LogP contribution < -0.4 is 10.2 Å². The van der Waals surface area contributed by atoms with Gasteiger partial charge in [-0.05, 0) is 44.4 Å². The number of amides is 1. The predicted octanol–water partition coefficient (Wildman–Crippen LogP) is 3.70. The smallest absolute Gasteiger partial charge is 0.222 e. The number of hydrogen-bond acceptors (Lipinski definition) is 5. The zero-order valence-electron chi connectivity index (χ0n) is 16.8. The maximum Gasteiger partial charge on any atom is 0.222 e. The summed E-state index contributed by atoms with van der Waals surface area (Å²) in [6.45, 7) is 7.07. The van der Waals surface area contributed by atoms with Gasteiger partial charge in [0.2, 0.25) is 5.91 Å².